The highest BCUT2D eigenvalue weighted by Gasteiger charge is 2.55. The smallest absolute Gasteiger partial charge is 0.231 e. The first kappa shape index (κ1) is 15.0. The average molecular weight is 350 g/mol. The van der Waals surface area contributed by atoms with Crippen molar-refractivity contribution in [2.24, 2.45) is 5.92 Å². The molecule has 2 bridgehead atoms. The first-order valence-electron chi connectivity index (χ1n) is 8.63. The van der Waals surface area contributed by atoms with E-state index in [-0.39, 0.29) is 24.8 Å². The highest BCUT2D eigenvalue weighted by Crippen LogP contribution is 2.48. The normalized spacial score (nSPS) is 37.6. The van der Waals surface area contributed by atoms with Gasteiger partial charge in [0, 0.05) is 24.5 Å². The summed E-state index contributed by atoms with van der Waals surface area (Å²) in [5, 5.41) is 0. The lowest BCUT2D eigenvalue weighted by Crippen LogP contribution is -2.60. The Balaban J connectivity index is 1.56. The van der Waals surface area contributed by atoms with Gasteiger partial charge in [0.05, 0.1) is 6.26 Å². The van der Waals surface area contributed by atoms with Gasteiger partial charge in [0.25, 0.3) is 0 Å². The summed E-state index contributed by atoms with van der Waals surface area (Å²) < 4.78 is 37.5. The third kappa shape index (κ3) is 2.11. The van der Waals surface area contributed by atoms with E-state index in [1.807, 2.05) is 12.1 Å². The summed E-state index contributed by atoms with van der Waals surface area (Å²) in [6.07, 6.45) is 3.58. The molecule has 0 spiro atoms. The van der Waals surface area contributed by atoms with Gasteiger partial charge in [-0.3, -0.25) is 4.90 Å². The molecular formula is C17H22N2O4S. The molecule has 7 heteroatoms. The second-order valence-electron chi connectivity index (χ2n) is 7.41. The van der Waals surface area contributed by atoms with Crippen molar-refractivity contribution in [1.82, 2.24) is 9.21 Å². The Labute approximate surface area is 142 Å². The molecule has 5 aliphatic heterocycles. The lowest BCUT2D eigenvalue weighted by molar-refractivity contribution is 0.0124. The predicted octanol–water partition coefficient (Wildman–Crippen LogP) is 1.24. The van der Waals surface area contributed by atoms with Crippen LogP contribution < -0.4 is 9.47 Å². The van der Waals surface area contributed by atoms with E-state index in [1.165, 1.54) is 6.26 Å². The highest BCUT2D eigenvalue weighted by molar-refractivity contribution is 7.88. The Hall–Kier alpha value is -1.31. The van der Waals surface area contributed by atoms with Gasteiger partial charge in [-0.1, -0.05) is 6.07 Å². The van der Waals surface area contributed by atoms with Gasteiger partial charge in [-0.2, -0.15) is 4.31 Å². The standard InChI is InChI=1S/C17H22N2O4S/c1-24(20,21)19-9-13(12-2-3-14-15(8-12)23-10-22-14)17-16(19)11-4-6-18(17)7-5-11/h2-3,8,11,13,16-17H,4-7,9-10H2,1H3/t13-,16+,17+/m1/s1. The molecule has 0 N–H and O–H groups in total. The van der Waals surface area contributed by atoms with Crippen LogP contribution in [0, 0.1) is 5.92 Å². The zero-order valence-corrected chi connectivity index (χ0v) is 14.5. The van der Waals surface area contributed by atoms with Crippen molar-refractivity contribution < 1.29 is 17.9 Å². The van der Waals surface area contributed by atoms with Gasteiger partial charge in [0.2, 0.25) is 16.8 Å². The van der Waals surface area contributed by atoms with Gasteiger partial charge in [-0.15, -0.1) is 0 Å². The van der Waals surface area contributed by atoms with Crippen LogP contribution in [0.15, 0.2) is 18.2 Å². The molecule has 4 saturated heterocycles. The van der Waals surface area contributed by atoms with Crippen LogP contribution in [0.5, 0.6) is 11.5 Å². The minimum absolute atomic E-state index is 0.123. The summed E-state index contributed by atoms with van der Waals surface area (Å²) in [6, 6.07) is 6.47. The molecule has 0 aromatic heterocycles. The number of rotatable bonds is 2. The number of piperidine rings is 3. The SMILES string of the molecule is CS(=O)(=O)N1C[C@H](c2ccc3c(c2)OCO3)[C@H]2[C@@H]1C1CCN2CC1. The summed E-state index contributed by atoms with van der Waals surface area (Å²) in [6.45, 7) is 3.01. The molecule has 130 valence electrons. The molecular weight excluding hydrogens is 328 g/mol. The Morgan fingerprint density at radius 3 is 2.58 bits per heavy atom. The Bertz CT molecular complexity index is 773. The van der Waals surface area contributed by atoms with Gasteiger partial charge in [0.1, 0.15) is 0 Å². The molecule has 0 amide bonds. The topological polar surface area (TPSA) is 59.1 Å². The van der Waals surface area contributed by atoms with Crippen LogP contribution in [0.3, 0.4) is 0 Å². The Kier molecular flexibility index (Phi) is 3.18. The second-order valence-corrected chi connectivity index (χ2v) is 9.34. The maximum Gasteiger partial charge on any atom is 0.231 e. The van der Waals surface area contributed by atoms with Gasteiger partial charge < -0.3 is 9.47 Å². The first-order chi connectivity index (χ1) is 11.5. The van der Waals surface area contributed by atoms with Crippen molar-refractivity contribution in [3.63, 3.8) is 0 Å². The van der Waals surface area contributed by atoms with Gasteiger partial charge in [-0.25, -0.2) is 8.42 Å². The summed E-state index contributed by atoms with van der Waals surface area (Å²) in [5.74, 6) is 2.24. The number of ether oxygens (including phenoxy) is 2. The largest absolute Gasteiger partial charge is 0.454 e. The molecule has 6 rings (SSSR count). The van der Waals surface area contributed by atoms with E-state index in [4.69, 9.17) is 9.47 Å². The summed E-state index contributed by atoms with van der Waals surface area (Å²) in [5.41, 5.74) is 1.16. The quantitative estimate of drug-likeness (QED) is 0.803. The van der Waals surface area contributed by atoms with Gasteiger partial charge >= 0.3 is 0 Å². The highest BCUT2D eigenvalue weighted by atomic mass is 32.2. The molecule has 0 radical (unpaired) electrons. The lowest BCUT2D eigenvalue weighted by Gasteiger charge is -2.50. The summed E-state index contributed by atoms with van der Waals surface area (Å²) in [7, 11) is -3.20. The van der Waals surface area contributed by atoms with Crippen LogP contribution in [-0.2, 0) is 10.0 Å². The third-order valence-corrected chi connectivity index (χ3v) is 7.45. The number of hydrogen-bond acceptors (Lipinski definition) is 5. The molecule has 0 unspecified atom stereocenters. The van der Waals surface area contributed by atoms with Crippen LogP contribution in [0.25, 0.3) is 0 Å². The van der Waals surface area contributed by atoms with Crippen molar-refractivity contribution in [3.05, 3.63) is 23.8 Å². The Morgan fingerprint density at radius 2 is 1.83 bits per heavy atom. The molecule has 6 nitrogen and oxygen atoms in total. The third-order valence-electron chi connectivity index (χ3n) is 6.20. The molecule has 0 aliphatic carbocycles. The van der Waals surface area contributed by atoms with Crippen molar-refractivity contribution in [3.8, 4) is 11.5 Å². The molecule has 3 atom stereocenters. The fourth-order valence-electron chi connectivity index (χ4n) is 5.18. The molecule has 1 aromatic carbocycles. The minimum atomic E-state index is -3.20. The fourth-order valence-corrected chi connectivity index (χ4v) is 6.35. The maximum atomic E-state index is 12.4. The van der Waals surface area contributed by atoms with Gasteiger partial charge in [0.15, 0.2) is 11.5 Å². The first-order valence-corrected chi connectivity index (χ1v) is 10.5. The van der Waals surface area contributed by atoms with E-state index in [0.717, 1.165) is 43.0 Å². The van der Waals surface area contributed by atoms with Crippen molar-refractivity contribution in [2.75, 3.05) is 32.7 Å². The maximum absolute atomic E-state index is 12.4. The molecule has 24 heavy (non-hydrogen) atoms. The monoisotopic (exact) mass is 350 g/mol. The fraction of sp³-hybridized carbons (Fsp3) is 0.647. The van der Waals surface area contributed by atoms with Crippen molar-refractivity contribution in [1.29, 1.82) is 0 Å². The molecule has 4 fully saturated rings. The number of fused-ring (bicyclic) bond motifs is 3. The van der Waals surface area contributed by atoms with Crippen LogP contribution in [-0.4, -0.2) is 62.4 Å². The van der Waals surface area contributed by atoms with E-state index in [1.54, 1.807) is 4.31 Å². The minimum Gasteiger partial charge on any atom is -0.454 e. The number of hydrogen-bond donors (Lipinski definition) is 0. The van der Waals surface area contributed by atoms with Crippen molar-refractivity contribution >= 4 is 10.0 Å². The lowest BCUT2D eigenvalue weighted by atomic mass is 9.75. The van der Waals surface area contributed by atoms with Crippen LogP contribution in [0.1, 0.15) is 24.3 Å². The van der Waals surface area contributed by atoms with Crippen LogP contribution >= 0.6 is 0 Å². The molecule has 5 heterocycles. The average Bonchev–Trinajstić information content (AvgIpc) is 3.20. The Morgan fingerprint density at radius 1 is 1.08 bits per heavy atom. The number of nitrogens with zero attached hydrogens (tertiary/aromatic N) is 2. The molecule has 5 aliphatic rings. The zero-order valence-electron chi connectivity index (χ0n) is 13.7. The van der Waals surface area contributed by atoms with E-state index >= 15 is 0 Å². The van der Waals surface area contributed by atoms with Crippen LogP contribution in [0.4, 0.5) is 0 Å². The van der Waals surface area contributed by atoms with E-state index in [0.29, 0.717) is 12.5 Å². The van der Waals surface area contributed by atoms with E-state index in [9.17, 15) is 8.42 Å². The summed E-state index contributed by atoms with van der Waals surface area (Å²) >= 11 is 0. The van der Waals surface area contributed by atoms with Gasteiger partial charge in [-0.05, 0) is 49.5 Å². The van der Waals surface area contributed by atoms with E-state index < -0.39 is 10.0 Å². The van der Waals surface area contributed by atoms with Crippen LogP contribution in [0.2, 0.25) is 0 Å². The van der Waals surface area contributed by atoms with Crippen molar-refractivity contribution in [2.45, 2.75) is 30.8 Å². The number of benzene rings is 1. The second kappa shape index (κ2) is 5.09. The molecule has 0 saturated carbocycles. The predicted molar refractivity (Wildman–Crippen MR) is 88.7 cm³/mol. The number of sulfonamides is 1. The van der Waals surface area contributed by atoms with E-state index in [2.05, 4.69) is 11.0 Å². The zero-order chi connectivity index (χ0) is 16.5. The summed E-state index contributed by atoms with van der Waals surface area (Å²) in [4.78, 5) is 2.51. The molecule has 1 aromatic rings.